The molecule has 1 N–H and O–H groups in total. The molecular weight excluding hydrogens is 302 g/mol. The van der Waals surface area contributed by atoms with Gasteiger partial charge in [0.05, 0.1) is 0 Å². The van der Waals surface area contributed by atoms with Crippen molar-refractivity contribution in [2.45, 2.75) is 19.3 Å². The number of benzene rings is 1. The van der Waals surface area contributed by atoms with E-state index in [1.165, 1.54) is 5.56 Å². The molecule has 1 aliphatic rings. The van der Waals surface area contributed by atoms with E-state index in [0.29, 0.717) is 19.5 Å². The fraction of sp³-hybridized carbons (Fsp3) is 0.316. The Kier molecular flexibility index (Phi) is 5.21. The molecule has 0 saturated carbocycles. The van der Waals surface area contributed by atoms with Gasteiger partial charge >= 0.3 is 0 Å². The third-order valence-electron chi connectivity index (χ3n) is 4.28. The van der Waals surface area contributed by atoms with E-state index < -0.39 is 5.92 Å². The molecular formula is C19H21N3O2. The molecule has 1 aromatic carbocycles. The molecule has 1 aromatic heterocycles. The molecule has 2 aromatic rings. The van der Waals surface area contributed by atoms with Gasteiger partial charge in [0.1, 0.15) is 5.92 Å². The molecule has 2 amide bonds. The Morgan fingerprint density at radius 3 is 2.67 bits per heavy atom. The van der Waals surface area contributed by atoms with Gasteiger partial charge < -0.3 is 10.2 Å². The Bertz CT molecular complexity index is 688. The molecule has 0 unspecified atom stereocenters. The minimum absolute atomic E-state index is 0.104. The quantitative estimate of drug-likeness (QED) is 0.655. The maximum atomic E-state index is 12.5. The Labute approximate surface area is 141 Å². The van der Waals surface area contributed by atoms with Crippen molar-refractivity contribution in [1.29, 1.82) is 0 Å². The summed E-state index contributed by atoms with van der Waals surface area (Å²) in [6.07, 6.45) is 5.84. The molecule has 0 radical (unpaired) electrons. The van der Waals surface area contributed by atoms with Gasteiger partial charge in [0.2, 0.25) is 11.8 Å². The maximum Gasteiger partial charge on any atom is 0.239 e. The highest BCUT2D eigenvalue weighted by Crippen LogP contribution is 2.24. The average molecular weight is 323 g/mol. The lowest BCUT2D eigenvalue weighted by Gasteiger charge is -2.16. The average Bonchev–Trinajstić information content (AvgIpc) is 3.02. The molecule has 1 saturated heterocycles. The van der Waals surface area contributed by atoms with Crippen molar-refractivity contribution in [2.24, 2.45) is 5.92 Å². The van der Waals surface area contributed by atoms with Gasteiger partial charge in [-0.25, -0.2) is 0 Å². The lowest BCUT2D eigenvalue weighted by atomic mass is 10.1. The first-order valence-electron chi connectivity index (χ1n) is 8.29. The third kappa shape index (κ3) is 3.79. The summed E-state index contributed by atoms with van der Waals surface area (Å²) < 4.78 is 0. The van der Waals surface area contributed by atoms with Crippen LogP contribution in [0.15, 0.2) is 54.9 Å². The van der Waals surface area contributed by atoms with Crippen molar-refractivity contribution in [3.8, 4) is 0 Å². The third-order valence-corrected chi connectivity index (χ3v) is 4.28. The summed E-state index contributed by atoms with van der Waals surface area (Å²) in [7, 11) is 0. The molecule has 5 nitrogen and oxygen atoms in total. The monoisotopic (exact) mass is 323 g/mol. The molecule has 3 rings (SSSR count). The number of rotatable bonds is 6. The first-order chi connectivity index (χ1) is 11.8. The van der Waals surface area contributed by atoms with Crippen molar-refractivity contribution in [3.05, 3.63) is 60.4 Å². The van der Waals surface area contributed by atoms with Crippen LogP contribution in [0.5, 0.6) is 0 Å². The predicted molar refractivity (Wildman–Crippen MR) is 92.5 cm³/mol. The Morgan fingerprint density at radius 2 is 1.92 bits per heavy atom. The standard InChI is InChI=1S/C19H21N3O2/c23-18(21-11-4-5-15-8-12-20-13-9-15)17-10-14-22(19(17)24)16-6-2-1-3-7-16/h1-3,6-9,12-13,17H,4-5,10-11,14H2,(H,21,23)/t17-/m1/s1. The number of anilines is 1. The Balaban J connectivity index is 1.46. The lowest BCUT2D eigenvalue weighted by Crippen LogP contribution is -2.37. The second kappa shape index (κ2) is 7.73. The molecule has 1 atom stereocenters. The fourth-order valence-electron chi connectivity index (χ4n) is 2.96. The van der Waals surface area contributed by atoms with Crippen LogP contribution in [-0.2, 0) is 16.0 Å². The summed E-state index contributed by atoms with van der Waals surface area (Å²) in [5.74, 6) is -0.827. The van der Waals surface area contributed by atoms with Crippen LogP contribution in [0.2, 0.25) is 0 Å². The number of hydrogen-bond acceptors (Lipinski definition) is 3. The van der Waals surface area contributed by atoms with Gasteiger partial charge in [0.25, 0.3) is 0 Å². The summed E-state index contributed by atoms with van der Waals surface area (Å²) in [6, 6.07) is 13.4. The highest BCUT2D eigenvalue weighted by Gasteiger charge is 2.37. The highest BCUT2D eigenvalue weighted by molar-refractivity contribution is 6.09. The number of pyridine rings is 1. The van der Waals surface area contributed by atoms with Crippen LogP contribution in [0.1, 0.15) is 18.4 Å². The molecule has 0 aliphatic carbocycles. The van der Waals surface area contributed by atoms with Gasteiger partial charge in [-0.1, -0.05) is 18.2 Å². The summed E-state index contributed by atoms with van der Waals surface area (Å²) in [5.41, 5.74) is 2.06. The Morgan fingerprint density at radius 1 is 1.17 bits per heavy atom. The van der Waals surface area contributed by atoms with Gasteiger partial charge in [-0.3, -0.25) is 14.6 Å². The van der Waals surface area contributed by atoms with Crippen LogP contribution in [0, 0.1) is 5.92 Å². The first-order valence-corrected chi connectivity index (χ1v) is 8.29. The molecule has 0 bridgehead atoms. The largest absolute Gasteiger partial charge is 0.355 e. The first kappa shape index (κ1) is 16.2. The molecule has 2 heterocycles. The number of hydrogen-bond donors (Lipinski definition) is 1. The maximum absolute atomic E-state index is 12.5. The summed E-state index contributed by atoms with van der Waals surface area (Å²) in [5, 5.41) is 2.90. The van der Waals surface area contributed by atoms with E-state index >= 15 is 0 Å². The number of carbonyl (C=O) groups is 2. The molecule has 5 heteroatoms. The summed E-state index contributed by atoms with van der Waals surface area (Å²) in [4.78, 5) is 30.4. The predicted octanol–water partition coefficient (Wildman–Crippen LogP) is 2.18. The van der Waals surface area contributed by atoms with Gasteiger partial charge in [-0.05, 0) is 49.1 Å². The SMILES string of the molecule is O=C(NCCCc1ccncc1)[C@H]1CCN(c2ccccc2)C1=O. The number of aryl methyl sites for hydroxylation is 1. The van der Waals surface area contributed by atoms with Crippen molar-refractivity contribution >= 4 is 17.5 Å². The number of para-hydroxylation sites is 1. The van der Waals surface area contributed by atoms with Gasteiger partial charge in [0, 0.05) is 31.2 Å². The van der Waals surface area contributed by atoms with Crippen molar-refractivity contribution in [2.75, 3.05) is 18.0 Å². The van der Waals surface area contributed by atoms with Crippen LogP contribution in [0.3, 0.4) is 0 Å². The molecule has 0 spiro atoms. The molecule has 124 valence electrons. The fourth-order valence-corrected chi connectivity index (χ4v) is 2.96. The zero-order valence-electron chi connectivity index (χ0n) is 13.5. The van der Waals surface area contributed by atoms with E-state index in [0.717, 1.165) is 18.5 Å². The highest BCUT2D eigenvalue weighted by atomic mass is 16.2. The van der Waals surface area contributed by atoms with E-state index in [9.17, 15) is 9.59 Å². The van der Waals surface area contributed by atoms with Crippen LogP contribution in [-0.4, -0.2) is 29.9 Å². The van der Waals surface area contributed by atoms with Crippen LogP contribution in [0.25, 0.3) is 0 Å². The zero-order valence-corrected chi connectivity index (χ0v) is 13.5. The smallest absolute Gasteiger partial charge is 0.239 e. The molecule has 1 aliphatic heterocycles. The van der Waals surface area contributed by atoms with Crippen LogP contribution in [0.4, 0.5) is 5.69 Å². The molecule has 1 fully saturated rings. The van der Waals surface area contributed by atoms with Gasteiger partial charge in [-0.2, -0.15) is 0 Å². The molecule has 24 heavy (non-hydrogen) atoms. The van der Waals surface area contributed by atoms with Gasteiger partial charge in [-0.15, -0.1) is 0 Å². The van der Waals surface area contributed by atoms with Crippen molar-refractivity contribution in [1.82, 2.24) is 10.3 Å². The summed E-state index contributed by atoms with van der Waals surface area (Å²) >= 11 is 0. The number of carbonyl (C=O) groups excluding carboxylic acids is 2. The van der Waals surface area contributed by atoms with E-state index in [2.05, 4.69) is 10.3 Å². The van der Waals surface area contributed by atoms with E-state index in [-0.39, 0.29) is 11.8 Å². The van der Waals surface area contributed by atoms with E-state index in [1.54, 1.807) is 17.3 Å². The number of nitrogens with zero attached hydrogens (tertiary/aromatic N) is 2. The lowest BCUT2D eigenvalue weighted by molar-refractivity contribution is -0.132. The topological polar surface area (TPSA) is 62.3 Å². The second-order valence-electron chi connectivity index (χ2n) is 5.92. The minimum atomic E-state index is -0.564. The van der Waals surface area contributed by atoms with Crippen LogP contribution >= 0.6 is 0 Å². The van der Waals surface area contributed by atoms with Crippen molar-refractivity contribution in [3.63, 3.8) is 0 Å². The normalized spacial score (nSPS) is 17.1. The second-order valence-corrected chi connectivity index (χ2v) is 5.92. The number of aromatic nitrogens is 1. The Hall–Kier alpha value is -2.69. The number of nitrogens with one attached hydrogen (secondary N) is 1. The van der Waals surface area contributed by atoms with E-state index in [4.69, 9.17) is 0 Å². The minimum Gasteiger partial charge on any atom is -0.355 e. The van der Waals surface area contributed by atoms with Gasteiger partial charge in [0.15, 0.2) is 0 Å². The summed E-state index contributed by atoms with van der Waals surface area (Å²) in [6.45, 7) is 1.17. The number of amides is 2. The van der Waals surface area contributed by atoms with E-state index in [1.807, 2.05) is 42.5 Å². The van der Waals surface area contributed by atoms with Crippen molar-refractivity contribution < 1.29 is 9.59 Å². The van der Waals surface area contributed by atoms with Crippen LogP contribution < -0.4 is 10.2 Å². The zero-order chi connectivity index (χ0) is 16.8.